The fourth-order valence-electron chi connectivity index (χ4n) is 2.79. The Labute approximate surface area is 174 Å². The second kappa shape index (κ2) is 8.36. The van der Waals surface area contributed by atoms with Crippen molar-refractivity contribution in [1.82, 2.24) is 15.1 Å². The van der Waals surface area contributed by atoms with Crippen molar-refractivity contribution in [1.29, 1.82) is 0 Å². The minimum Gasteiger partial charge on any atom is -0.332 e. The number of hydrazone groups is 1. The Hall–Kier alpha value is -3.33. The summed E-state index contributed by atoms with van der Waals surface area (Å²) in [4.78, 5) is 28.9. The number of carbonyl (C=O) groups excluding carboxylic acids is 2. The van der Waals surface area contributed by atoms with E-state index in [1.165, 1.54) is 0 Å². The van der Waals surface area contributed by atoms with Crippen molar-refractivity contribution >= 4 is 39.1 Å². The fraction of sp³-hybridized carbons (Fsp3) is 0.150. The maximum Gasteiger partial charge on any atom is 0.274 e. The van der Waals surface area contributed by atoms with E-state index in [9.17, 15) is 9.59 Å². The van der Waals surface area contributed by atoms with Crippen LogP contribution in [0.15, 0.2) is 68.7 Å². The van der Waals surface area contributed by atoms with Gasteiger partial charge < -0.3 is 9.84 Å². The lowest BCUT2D eigenvalue weighted by atomic mass is 10.1. The van der Waals surface area contributed by atoms with Gasteiger partial charge in [-0.05, 0) is 24.3 Å². The summed E-state index contributed by atoms with van der Waals surface area (Å²) < 4.78 is 6.23. The summed E-state index contributed by atoms with van der Waals surface area (Å²) >= 11 is 3.34. The molecule has 2 heterocycles. The molecular formula is C20H16BrN5O3. The third-order valence-electron chi connectivity index (χ3n) is 4.23. The van der Waals surface area contributed by atoms with Gasteiger partial charge in [0.05, 0.1) is 0 Å². The third-order valence-corrected chi connectivity index (χ3v) is 4.76. The average Bonchev–Trinajstić information content (AvgIpc) is 3.22. The summed E-state index contributed by atoms with van der Waals surface area (Å²) in [6.07, 6.45) is 0.591. The molecule has 29 heavy (non-hydrogen) atoms. The Morgan fingerprint density at radius 2 is 1.86 bits per heavy atom. The SMILES string of the molecule is O=C(CN1N=C(c2nc(-c3ccccc3)no2)CCC1=O)Nc1ccc(Br)cc1. The van der Waals surface area contributed by atoms with Crippen LogP contribution in [0.5, 0.6) is 0 Å². The number of benzene rings is 2. The maximum absolute atomic E-state index is 12.3. The van der Waals surface area contributed by atoms with E-state index in [1.54, 1.807) is 12.1 Å². The van der Waals surface area contributed by atoms with Crippen LogP contribution in [0.3, 0.4) is 0 Å². The zero-order valence-corrected chi connectivity index (χ0v) is 16.8. The molecule has 0 aliphatic carbocycles. The summed E-state index contributed by atoms with van der Waals surface area (Å²) in [5.41, 5.74) is 1.94. The number of hydrogen-bond acceptors (Lipinski definition) is 6. The topological polar surface area (TPSA) is 101 Å². The van der Waals surface area contributed by atoms with Crippen molar-refractivity contribution in [3.05, 3.63) is 65.0 Å². The Morgan fingerprint density at radius 1 is 1.10 bits per heavy atom. The Bertz CT molecular complexity index is 1060. The number of nitrogens with zero attached hydrogens (tertiary/aromatic N) is 4. The summed E-state index contributed by atoms with van der Waals surface area (Å²) in [7, 11) is 0. The van der Waals surface area contributed by atoms with Crippen molar-refractivity contribution in [2.75, 3.05) is 11.9 Å². The molecule has 3 aromatic rings. The maximum atomic E-state index is 12.3. The number of aromatic nitrogens is 2. The molecule has 0 bridgehead atoms. The molecular weight excluding hydrogens is 438 g/mol. The van der Waals surface area contributed by atoms with Crippen LogP contribution in [0.4, 0.5) is 5.69 Å². The molecule has 1 N–H and O–H groups in total. The van der Waals surface area contributed by atoms with Gasteiger partial charge in [0.15, 0.2) is 0 Å². The molecule has 2 aromatic carbocycles. The normalized spacial score (nSPS) is 13.9. The zero-order valence-electron chi connectivity index (χ0n) is 15.2. The monoisotopic (exact) mass is 453 g/mol. The van der Waals surface area contributed by atoms with Gasteiger partial charge in [0.1, 0.15) is 12.3 Å². The molecule has 8 nitrogen and oxygen atoms in total. The van der Waals surface area contributed by atoms with Gasteiger partial charge in [-0.15, -0.1) is 0 Å². The quantitative estimate of drug-likeness (QED) is 0.637. The molecule has 146 valence electrons. The highest BCUT2D eigenvalue weighted by atomic mass is 79.9. The van der Waals surface area contributed by atoms with Crippen molar-refractivity contribution in [3.8, 4) is 11.4 Å². The molecule has 1 aliphatic heterocycles. The highest BCUT2D eigenvalue weighted by Gasteiger charge is 2.26. The highest BCUT2D eigenvalue weighted by molar-refractivity contribution is 9.10. The van der Waals surface area contributed by atoms with Crippen molar-refractivity contribution in [2.45, 2.75) is 12.8 Å². The predicted molar refractivity (Wildman–Crippen MR) is 110 cm³/mol. The first kappa shape index (κ1) is 19.0. The van der Waals surface area contributed by atoms with E-state index >= 15 is 0 Å². The van der Waals surface area contributed by atoms with Gasteiger partial charge in [-0.1, -0.05) is 51.4 Å². The number of rotatable bonds is 5. The average molecular weight is 454 g/mol. The van der Waals surface area contributed by atoms with E-state index in [0.717, 1.165) is 15.0 Å². The molecule has 9 heteroatoms. The van der Waals surface area contributed by atoms with Crippen LogP contribution < -0.4 is 5.32 Å². The molecule has 1 aliphatic rings. The van der Waals surface area contributed by atoms with E-state index in [2.05, 4.69) is 36.5 Å². The molecule has 0 unspecified atom stereocenters. The number of nitrogens with one attached hydrogen (secondary N) is 1. The first-order valence-corrected chi connectivity index (χ1v) is 9.70. The molecule has 0 atom stereocenters. The third kappa shape index (κ3) is 4.57. The Kier molecular flexibility index (Phi) is 5.48. The first-order chi connectivity index (χ1) is 14.1. The van der Waals surface area contributed by atoms with Crippen LogP contribution in [-0.2, 0) is 9.59 Å². The van der Waals surface area contributed by atoms with E-state index in [-0.39, 0.29) is 30.7 Å². The van der Waals surface area contributed by atoms with E-state index in [0.29, 0.717) is 23.6 Å². The Balaban J connectivity index is 1.47. The number of halogens is 1. The van der Waals surface area contributed by atoms with Gasteiger partial charge in [-0.3, -0.25) is 9.59 Å². The van der Waals surface area contributed by atoms with Crippen molar-refractivity contribution < 1.29 is 14.1 Å². The van der Waals surface area contributed by atoms with Crippen molar-refractivity contribution in [3.63, 3.8) is 0 Å². The molecule has 4 rings (SSSR count). The second-order valence-electron chi connectivity index (χ2n) is 6.34. The van der Waals surface area contributed by atoms with Crippen LogP contribution in [0.1, 0.15) is 18.7 Å². The molecule has 1 aromatic heterocycles. The number of hydrogen-bond donors (Lipinski definition) is 1. The van der Waals surface area contributed by atoms with Gasteiger partial charge in [-0.25, -0.2) is 5.01 Å². The molecule has 0 fully saturated rings. The van der Waals surface area contributed by atoms with Crippen LogP contribution in [0.2, 0.25) is 0 Å². The summed E-state index contributed by atoms with van der Waals surface area (Å²) in [5.74, 6) is 0.109. The number of anilines is 1. The number of amides is 2. The first-order valence-electron chi connectivity index (χ1n) is 8.91. The molecule has 2 amide bonds. The van der Waals surface area contributed by atoms with Gasteiger partial charge in [0, 0.05) is 28.6 Å². The van der Waals surface area contributed by atoms with E-state index in [4.69, 9.17) is 4.52 Å². The lowest BCUT2D eigenvalue weighted by Crippen LogP contribution is -2.38. The lowest BCUT2D eigenvalue weighted by Gasteiger charge is -2.21. The zero-order chi connectivity index (χ0) is 20.2. The summed E-state index contributed by atoms with van der Waals surface area (Å²) in [6, 6.07) is 16.6. The standard InChI is InChI=1S/C20H16BrN5O3/c21-14-6-8-15(9-7-14)22-17(27)12-26-18(28)11-10-16(24-26)20-23-19(25-29-20)13-4-2-1-3-5-13/h1-9H,10-12H2,(H,22,27). The molecule has 0 radical (unpaired) electrons. The predicted octanol–water partition coefficient (Wildman–Crippen LogP) is 3.46. The minimum atomic E-state index is -0.346. The van der Waals surface area contributed by atoms with Gasteiger partial charge in [0.2, 0.25) is 17.6 Å². The summed E-state index contributed by atoms with van der Waals surface area (Å²) in [6.45, 7) is -0.196. The Morgan fingerprint density at radius 3 is 2.62 bits per heavy atom. The highest BCUT2D eigenvalue weighted by Crippen LogP contribution is 2.19. The van der Waals surface area contributed by atoms with Crippen LogP contribution in [0, 0.1) is 0 Å². The molecule has 0 saturated heterocycles. The second-order valence-corrected chi connectivity index (χ2v) is 7.26. The largest absolute Gasteiger partial charge is 0.332 e. The van der Waals surface area contributed by atoms with Crippen LogP contribution >= 0.6 is 15.9 Å². The van der Waals surface area contributed by atoms with Gasteiger partial charge in [-0.2, -0.15) is 10.1 Å². The van der Waals surface area contributed by atoms with Crippen molar-refractivity contribution in [2.24, 2.45) is 5.10 Å². The molecule has 0 saturated carbocycles. The molecule has 0 spiro atoms. The number of carbonyl (C=O) groups is 2. The van der Waals surface area contributed by atoms with Crippen LogP contribution in [0.25, 0.3) is 11.4 Å². The summed E-state index contributed by atoms with van der Waals surface area (Å²) in [5, 5.41) is 12.1. The van der Waals surface area contributed by atoms with Gasteiger partial charge in [0.25, 0.3) is 5.89 Å². The minimum absolute atomic E-state index is 0.196. The van der Waals surface area contributed by atoms with E-state index in [1.807, 2.05) is 42.5 Å². The fourth-order valence-corrected chi connectivity index (χ4v) is 3.06. The van der Waals surface area contributed by atoms with Gasteiger partial charge >= 0.3 is 0 Å². The van der Waals surface area contributed by atoms with Crippen LogP contribution in [-0.4, -0.2) is 39.2 Å². The lowest BCUT2D eigenvalue weighted by molar-refractivity contribution is -0.135. The smallest absolute Gasteiger partial charge is 0.274 e. The van der Waals surface area contributed by atoms with E-state index < -0.39 is 0 Å².